The van der Waals surface area contributed by atoms with Crippen LogP contribution in [0, 0.1) is 11.8 Å². The van der Waals surface area contributed by atoms with Gasteiger partial charge in [-0.3, -0.25) is 4.79 Å². The Bertz CT molecular complexity index is 1020. The van der Waals surface area contributed by atoms with Crippen LogP contribution in [0.25, 0.3) is 0 Å². The lowest BCUT2D eigenvalue weighted by Gasteiger charge is -2.23. The maximum atomic E-state index is 13.0. The van der Waals surface area contributed by atoms with Crippen LogP contribution in [-0.2, 0) is 16.6 Å². The van der Waals surface area contributed by atoms with Gasteiger partial charge in [0, 0.05) is 24.7 Å². The van der Waals surface area contributed by atoms with Gasteiger partial charge in [0.2, 0.25) is 10.0 Å². The van der Waals surface area contributed by atoms with Gasteiger partial charge in [-0.05, 0) is 73.1 Å². The lowest BCUT2D eigenvalue weighted by Crippen LogP contribution is -2.38. The van der Waals surface area contributed by atoms with Crippen molar-refractivity contribution in [2.75, 3.05) is 13.7 Å². The molecule has 3 atom stereocenters. The van der Waals surface area contributed by atoms with Gasteiger partial charge in [-0.2, -0.15) is 4.31 Å². The molecule has 7 heteroatoms. The predicted molar refractivity (Wildman–Crippen MR) is 119 cm³/mol. The molecule has 2 fully saturated rings. The number of amides is 1. The third kappa shape index (κ3) is 4.62. The molecule has 0 unspecified atom stereocenters. The zero-order chi connectivity index (χ0) is 22.0. The zero-order valence-corrected chi connectivity index (χ0v) is 18.9. The highest BCUT2D eigenvalue weighted by atomic mass is 32.2. The normalized spacial score (nSPS) is 22.6. The fourth-order valence-electron chi connectivity index (χ4n) is 4.90. The van der Waals surface area contributed by atoms with E-state index in [0.717, 1.165) is 17.9 Å². The summed E-state index contributed by atoms with van der Waals surface area (Å²) in [5.74, 6) is 1.99. The first kappa shape index (κ1) is 21.8. The van der Waals surface area contributed by atoms with E-state index in [1.165, 1.54) is 23.6 Å². The number of rotatable bonds is 8. The van der Waals surface area contributed by atoms with Crippen molar-refractivity contribution in [3.8, 4) is 5.75 Å². The fourth-order valence-corrected chi connectivity index (χ4v) is 6.34. The minimum atomic E-state index is -3.62. The number of carbonyl (C=O) groups is 1. The topological polar surface area (TPSA) is 75.7 Å². The van der Waals surface area contributed by atoms with Gasteiger partial charge in [-0.25, -0.2) is 8.42 Å². The number of benzene rings is 2. The summed E-state index contributed by atoms with van der Waals surface area (Å²) in [4.78, 5) is 12.9. The first-order chi connectivity index (χ1) is 14.9. The summed E-state index contributed by atoms with van der Waals surface area (Å²) >= 11 is 0. The van der Waals surface area contributed by atoms with Crippen LogP contribution >= 0.6 is 0 Å². The number of nitrogens with one attached hydrogen (secondary N) is 1. The molecule has 0 aliphatic heterocycles. The highest BCUT2D eigenvalue weighted by Crippen LogP contribution is 2.44. The molecule has 0 radical (unpaired) electrons. The minimum Gasteiger partial charge on any atom is -0.497 e. The van der Waals surface area contributed by atoms with E-state index >= 15 is 0 Å². The highest BCUT2D eigenvalue weighted by Gasteiger charge is 2.40. The van der Waals surface area contributed by atoms with Crippen LogP contribution in [-0.4, -0.2) is 38.3 Å². The Balaban J connectivity index is 1.41. The molecule has 2 aromatic rings. The number of methoxy groups -OCH3 is 1. The average molecular weight is 443 g/mol. The molecule has 2 aliphatic rings. The van der Waals surface area contributed by atoms with Crippen molar-refractivity contribution in [2.24, 2.45) is 11.8 Å². The van der Waals surface area contributed by atoms with E-state index in [1.54, 1.807) is 43.5 Å². The number of hydrogen-bond donors (Lipinski definition) is 1. The SMILES string of the molecule is CCN(Cc1ccc(C(=O)N[C@H]2C[C@H]3CC[C@H]2C3)cc1)S(=O)(=O)c1ccc(OC)cc1. The van der Waals surface area contributed by atoms with Crippen LogP contribution in [0.4, 0.5) is 0 Å². The van der Waals surface area contributed by atoms with E-state index in [-0.39, 0.29) is 17.3 Å². The molecule has 0 heterocycles. The lowest BCUT2D eigenvalue weighted by molar-refractivity contribution is 0.0923. The second-order valence-electron chi connectivity index (χ2n) is 8.56. The Labute approximate surface area is 184 Å². The van der Waals surface area contributed by atoms with Crippen molar-refractivity contribution < 1.29 is 17.9 Å². The molecule has 2 aliphatic carbocycles. The quantitative estimate of drug-likeness (QED) is 0.674. The molecule has 0 spiro atoms. The van der Waals surface area contributed by atoms with Crippen molar-refractivity contribution in [2.45, 2.75) is 50.1 Å². The summed E-state index contributed by atoms with van der Waals surface area (Å²) in [5.41, 5.74) is 1.46. The van der Waals surface area contributed by atoms with Gasteiger partial charge >= 0.3 is 0 Å². The molecule has 1 amide bonds. The molecule has 0 saturated heterocycles. The van der Waals surface area contributed by atoms with Gasteiger partial charge in [-0.1, -0.05) is 25.5 Å². The van der Waals surface area contributed by atoms with Gasteiger partial charge in [0.25, 0.3) is 5.91 Å². The van der Waals surface area contributed by atoms with E-state index in [1.807, 2.05) is 19.1 Å². The molecule has 0 aromatic heterocycles. The third-order valence-electron chi connectivity index (χ3n) is 6.68. The van der Waals surface area contributed by atoms with Crippen LogP contribution in [0.2, 0.25) is 0 Å². The van der Waals surface area contributed by atoms with Gasteiger partial charge in [0.15, 0.2) is 0 Å². The monoisotopic (exact) mass is 442 g/mol. The van der Waals surface area contributed by atoms with E-state index in [0.29, 0.717) is 29.8 Å². The molecular weight excluding hydrogens is 412 g/mol. The van der Waals surface area contributed by atoms with Crippen LogP contribution < -0.4 is 10.1 Å². The summed E-state index contributed by atoms with van der Waals surface area (Å²) in [6.45, 7) is 2.41. The van der Waals surface area contributed by atoms with Gasteiger partial charge in [0.05, 0.1) is 12.0 Å². The first-order valence-electron chi connectivity index (χ1n) is 10.9. The van der Waals surface area contributed by atoms with E-state index in [4.69, 9.17) is 4.74 Å². The Morgan fingerprint density at radius 3 is 2.32 bits per heavy atom. The molecule has 2 saturated carbocycles. The summed E-state index contributed by atoms with van der Waals surface area (Å²) < 4.78 is 32.6. The van der Waals surface area contributed by atoms with Crippen LogP contribution in [0.1, 0.15) is 48.5 Å². The van der Waals surface area contributed by atoms with Gasteiger partial charge in [0.1, 0.15) is 5.75 Å². The highest BCUT2D eigenvalue weighted by molar-refractivity contribution is 7.89. The van der Waals surface area contributed by atoms with Crippen molar-refractivity contribution >= 4 is 15.9 Å². The molecule has 2 aromatic carbocycles. The maximum Gasteiger partial charge on any atom is 0.251 e. The summed E-state index contributed by atoms with van der Waals surface area (Å²) in [6, 6.07) is 13.9. The first-order valence-corrected chi connectivity index (χ1v) is 12.4. The largest absolute Gasteiger partial charge is 0.497 e. The van der Waals surface area contributed by atoms with Gasteiger partial charge < -0.3 is 10.1 Å². The molecule has 6 nitrogen and oxygen atoms in total. The van der Waals surface area contributed by atoms with E-state index < -0.39 is 10.0 Å². The van der Waals surface area contributed by atoms with Crippen LogP contribution in [0.3, 0.4) is 0 Å². The average Bonchev–Trinajstić information content (AvgIpc) is 3.41. The summed E-state index contributed by atoms with van der Waals surface area (Å²) in [7, 11) is -2.08. The fraction of sp³-hybridized carbons (Fsp3) is 0.458. The number of fused-ring (bicyclic) bond motifs is 2. The minimum absolute atomic E-state index is 0.0395. The molecule has 1 N–H and O–H groups in total. The van der Waals surface area contributed by atoms with Crippen molar-refractivity contribution in [3.63, 3.8) is 0 Å². The Hall–Kier alpha value is -2.38. The Morgan fingerprint density at radius 1 is 1.06 bits per heavy atom. The van der Waals surface area contributed by atoms with E-state index in [2.05, 4.69) is 5.32 Å². The zero-order valence-electron chi connectivity index (χ0n) is 18.1. The Kier molecular flexibility index (Phi) is 6.34. The smallest absolute Gasteiger partial charge is 0.251 e. The number of carbonyl (C=O) groups excluding carboxylic acids is 1. The summed E-state index contributed by atoms with van der Waals surface area (Å²) in [5, 5.41) is 3.20. The second kappa shape index (κ2) is 9.01. The van der Waals surface area contributed by atoms with Crippen LogP contribution in [0.5, 0.6) is 5.75 Å². The van der Waals surface area contributed by atoms with Crippen LogP contribution in [0.15, 0.2) is 53.4 Å². The second-order valence-corrected chi connectivity index (χ2v) is 10.5. The lowest BCUT2D eigenvalue weighted by atomic mass is 9.95. The standard InChI is InChI=1S/C24H30N2O4S/c1-3-26(31(28,29)22-12-10-21(30-2)11-13-22)16-17-4-7-19(8-5-17)24(27)25-23-15-18-6-9-20(23)14-18/h4-5,7-8,10-13,18,20,23H,3,6,9,14-16H2,1-2H3,(H,25,27)/t18-,20-,23-/m0/s1. The predicted octanol–water partition coefficient (Wildman–Crippen LogP) is 3.82. The van der Waals surface area contributed by atoms with Crippen molar-refractivity contribution in [1.29, 1.82) is 0 Å². The number of sulfonamides is 1. The maximum absolute atomic E-state index is 13.0. The molecule has 2 bridgehead atoms. The molecular formula is C24H30N2O4S. The number of hydrogen-bond acceptors (Lipinski definition) is 4. The summed E-state index contributed by atoms with van der Waals surface area (Å²) in [6.07, 6.45) is 4.88. The Morgan fingerprint density at radius 2 is 1.77 bits per heavy atom. The third-order valence-corrected chi connectivity index (χ3v) is 8.61. The van der Waals surface area contributed by atoms with Crippen molar-refractivity contribution in [3.05, 3.63) is 59.7 Å². The van der Waals surface area contributed by atoms with Gasteiger partial charge in [-0.15, -0.1) is 0 Å². The number of nitrogens with zero attached hydrogens (tertiary/aromatic N) is 1. The molecule has 4 rings (SSSR count). The number of ether oxygens (including phenoxy) is 1. The molecule has 166 valence electrons. The molecule has 31 heavy (non-hydrogen) atoms. The van der Waals surface area contributed by atoms with Crippen molar-refractivity contribution in [1.82, 2.24) is 9.62 Å². The van der Waals surface area contributed by atoms with E-state index in [9.17, 15) is 13.2 Å².